The molecule has 1 aliphatic carbocycles. The van der Waals surface area contributed by atoms with Crippen LogP contribution in [0.15, 0.2) is 60.5 Å². The summed E-state index contributed by atoms with van der Waals surface area (Å²) in [5, 5.41) is 10.8. The minimum absolute atomic E-state index is 0.00937. The summed E-state index contributed by atoms with van der Waals surface area (Å²) in [6.07, 6.45) is 2.38. The molecule has 182 valence electrons. The van der Waals surface area contributed by atoms with Crippen LogP contribution in [0.1, 0.15) is 6.92 Å². The van der Waals surface area contributed by atoms with E-state index in [0.29, 0.717) is 18.8 Å². The van der Waals surface area contributed by atoms with Crippen LogP contribution in [0.2, 0.25) is 0 Å². The fraction of sp³-hybridized carbons (Fsp3) is 0.304. The van der Waals surface area contributed by atoms with Crippen LogP contribution >= 0.6 is 0 Å². The van der Waals surface area contributed by atoms with E-state index in [1.165, 1.54) is 32.4 Å². The van der Waals surface area contributed by atoms with Gasteiger partial charge >= 0.3 is 12.2 Å². The van der Waals surface area contributed by atoms with Gasteiger partial charge in [0.05, 0.1) is 31.7 Å². The Bertz CT molecular complexity index is 986. The Labute approximate surface area is 197 Å². The lowest BCUT2D eigenvalue weighted by atomic mass is 10.0. The maximum atomic E-state index is 12.4. The van der Waals surface area contributed by atoms with Crippen molar-refractivity contribution in [3.05, 3.63) is 60.5 Å². The molecule has 1 aromatic carbocycles. The summed E-state index contributed by atoms with van der Waals surface area (Å²) in [6.45, 7) is 7.28. The molecule has 0 saturated carbocycles. The fourth-order valence-electron chi connectivity index (χ4n) is 3.12. The Morgan fingerprint density at radius 1 is 1.09 bits per heavy atom. The van der Waals surface area contributed by atoms with Crippen LogP contribution in [0.25, 0.3) is 0 Å². The number of hydrogen-bond donors (Lipinski definition) is 4. The molecule has 11 nitrogen and oxygen atoms in total. The number of nitrogens with zero attached hydrogens (tertiary/aromatic N) is 1. The number of likely N-dealkylation sites (N-methyl/N-ethyl adjacent to an activating group) is 1. The molecule has 1 aliphatic rings. The van der Waals surface area contributed by atoms with E-state index in [1.807, 2.05) is 31.2 Å². The van der Waals surface area contributed by atoms with Crippen LogP contribution in [-0.4, -0.2) is 63.8 Å². The molecule has 0 aromatic heterocycles. The molecule has 3 amide bonds. The van der Waals surface area contributed by atoms with Crippen molar-refractivity contribution < 1.29 is 28.7 Å². The van der Waals surface area contributed by atoms with Gasteiger partial charge in [-0.2, -0.15) is 0 Å². The molecule has 1 unspecified atom stereocenters. The molecule has 0 saturated heterocycles. The highest BCUT2D eigenvalue weighted by Gasteiger charge is 2.25. The van der Waals surface area contributed by atoms with Gasteiger partial charge in [0, 0.05) is 37.1 Å². The highest BCUT2D eigenvalue weighted by atomic mass is 16.5. The van der Waals surface area contributed by atoms with Crippen molar-refractivity contribution in [3.8, 4) is 0 Å². The van der Waals surface area contributed by atoms with Crippen LogP contribution in [0.4, 0.5) is 21.0 Å². The number of nitrogens with one attached hydrogen (secondary N) is 4. The predicted octanol–water partition coefficient (Wildman–Crippen LogP) is 1.66. The number of methoxy groups -OCH3 is 2. The highest BCUT2D eigenvalue weighted by Crippen LogP contribution is 2.22. The first kappa shape index (κ1) is 26.0. The second-order valence-electron chi connectivity index (χ2n) is 7.02. The number of ketones is 1. The van der Waals surface area contributed by atoms with E-state index in [0.717, 1.165) is 12.2 Å². The molecule has 0 aliphatic heterocycles. The van der Waals surface area contributed by atoms with Gasteiger partial charge in [-0.25, -0.2) is 9.59 Å². The Morgan fingerprint density at radius 3 is 2.32 bits per heavy atom. The third-order valence-corrected chi connectivity index (χ3v) is 4.88. The second kappa shape index (κ2) is 12.7. The molecule has 1 aromatic rings. The van der Waals surface area contributed by atoms with Gasteiger partial charge in [-0.05, 0) is 43.3 Å². The van der Waals surface area contributed by atoms with E-state index in [4.69, 9.17) is 0 Å². The van der Waals surface area contributed by atoms with E-state index in [1.54, 1.807) is 0 Å². The third kappa shape index (κ3) is 7.40. The topological polar surface area (TPSA) is 138 Å². The number of amides is 3. The van der Waals surface area contributed by atoms with Gasteiger partial charge in [-0.15, -0.1) is 0 Å². The van der Waals surface area contributed by atoms with Gasteiger partial charge in [-0.3, -0.25) is 20.2 Å². The van der Waals surface area contributed by atoms with E-state index in [9.17, 15) is 19.2 Å². The standard InChI is InChI=1S/C23H29N5O6/c1-5-21(30)24-11-12-28(6-2)16-9-7-15(8-10-16)25-17-13-19(27-23(32)34-4)20(29)14-18(17)26-22(31)33-3/h5,7-10,13-14,17,25H,1,6,11-12H2,2-4H3,(H,24,30)(H,26,31)(H,27,32). The smallest absolute Gasteiger partial charge is 0.411 e. The number of hydrogen-bond acceptors (Lipinski definition) is 8. The number of allylic oxidation sites excluding steroid dienone is 1. The number of carbonyl (C=O) groups excluding carboxylic acids is 4. The second-order valence-corrected chi connectivity index (χ2v) is 7.02. The van der Waals surface area contributed by atoms with Crippen molar-refractivity contribution in [1.29, 1.82) is 0 Å². The number of rotatable bonds is 10. The van der Waals surface area contributed by atoms with Gasteiger partial charge < -0.3 is 25.0 Å². The molecule has 4 N–H and O–H groups in total. The van der Waals surface area contributed by atoms with Crippen molar-refractivity contribution in [2.24, 2.45) is 0 Å². The molecule has 2 rings (SSSR count). The molecule has 34 heavy (non-hydrogen) atoms. The van der Waals surface area contributed by atoms with Crippen molar-refractivity contribution in [1.82, 2.24) is 16.0 Å². The van der Waals surface area contributed by atoms with Crippen LogP contribution in [0, 0.1) is 0 Å². The molecule has 11 heteroatoms. The van der Waals surface area contributed by atoms with Crippen LogP contribution in [0.3, 0.4) is 0 Å². The van der Waals surface area contributed by atoms with Crippen molar-refractivity contribution in [2.75, 3.05) is 44.1 Å². The summed E-state index contributed by atoms with van der Waals surface area (Å²) in [4.78, 5) is 49.1. The zero-order valence-corrected chi connectivity index (χ0v) is 19.3. The van der Waals surface area contributed by atoms with Gasteiger partial charge in [-0.1, -0.05) is 6.58 Å². The monoisotopic (exact) mass is 471 g/mol. The van der Waals surface area contributed by atoms with E-state index < -0.39 is 24.0 Å². The maximum absolute atomic E-state index is 12.4. The summed E-state index contributed by atoms with van der Waals surface area (Å²) in [7, 11) is 2.40. The predicted molar refractivity (Wildman–Crippen MR) is 127 cm³/mol. The van der Waals surface area contributed by atoms with Crippen molar-refractivity contribution in [2.45, 2.75) is 13.0 Å². The van der Waals surface area contributed by atoms with Crippen LogP contribution < -0.4 is 26.2 Å². The molecule has 0 fully saturated rings. The lowest BCUT2D eigenvalue weighted by Crippen LogP contribution is -2.39. The molecule has 0 bridgehead atoms. The van der Waals surface area contributed by atoms with Gasteiger partial charge in [0.25, 0.3) is 0 Å². The van der Waals surface area contributed by atoms with Gasteiger partial charge in [0.2, 0.25) is 11.7 Å². The van der Waals surface area contributed by atoms with Crippen molar-refractivity contribution in [3.63, 3.8) is 0 Å². The van der Waals surface area contributed by atoms with Gasteiger partial charge in [0.1, 0.15) is 0 Å². The Hall–Kier alpha value is -4.28. The number of carbonyl (C=O) groups is 4. The fourth-order valence-corrected chi connectivity index (χ4v) is 3.12. The average molecular weight is 472 g/mol. The third-order valence-electron chi connectivity index (χ3n) is 4.88. The summed E-state index contributed by atoms with van der Waals surface area (Å²) < 4.78 is 9.18. The van der Waals surface area contributed by atoms with Crippen molar-refractivity contribution >= 4 is 35.3 Å². The lowest BCUT2D eigenvalue weighted by Gasteiger charge is -2.26. The van der Waals surface area contributed by atoms with Crippen LogP contribution in [0.5, 0.6) is 0 Å². The highest BCUT2D eigenvalue weighted by molar-refractivity contribution is 6.07. The molecule has 0 spiro atoms. The zero-order chi connectivity index (χ0) is 25.1. The minimum Gasteiger partial charge on any atom is -0.453 e. The summed E-state index contributed by atoms with van der Waals surface area (Å²) in [6, 6.07) is 6.85. The summed E-state index contributed by atoms with van der Waals surface area (Å²) >= 11 is 0. The van der Waals surface area contributed by atoms with Crippen LogP contribution in [-0.2, 0) is 19.1 Å². The zero-order valence-electron chi connectivity index (χ0n) is 19.3. The molecule has 0 heterocycles. The molecular weight excluding hydrogens is 442 g/mol. The lowest BCUT2D eigenvalue weighted by molar-refractivity contribution is -0.116. The summed E-state index contributed by atoms with van der Waals surface area (Å²) in [5.41, 5.74) is 1.91. The maximum Gasteiger partial charge on any atom is 0.411 e. The first-order valence-electron chi connectivity index (χ1n) is 10.5. The van der Waals surface area contributed by atoms with E-state index in [2.05, 4.69) is 42.2 Å². The Kier molecular flexibility index (Phi) is 9.69. The number of alkyl carbamates (subject to hydrolysis) is 2. The normalized spacial score (nSPS) is 14.7. The van der Waals surface area contributed by atoms with Gasteiger partial charge in [0.15, 0.2) is 0 Å². The quantitative estimate of drug-likeness (QED) is 0.378. The SMILES string of the molecule is C=CC(=O)NCCN(CC)c1ccc(NC2C=C(NC(=O)OC)C(=O)C=C2NC(=O)OC)cc1. The number of benzene rings is 1. The average Bonchev–Trinajstić information content (AvgIpc) is 2.84. The first-order chi connectivity index (χ1) is 16.3. The largest absolute Gasteiger partial charge is 0.453 e. The summed E-state index contributed by atoms with van der Waals surface area (Å²) in [5.74, 6) is -0.729. The molecule has 1 atom stereocenters. The number of anilines is 2. The Morgan fingerprint density at radius 2 is 1.74 bits per heavy atom. The first-order valence-corrected chi connectivity index (χ1v) is 10.5. The van der Waals surface area contributed by atoms with E-state index in [-0.39, 0.29) is 17.3 Å². The number of ether oxygens (including phenoxy) is 2. The van der Waals surface area contributed by atoms with E-state index >= 15 is 0 Å². The molecule has 0 radical (unpaired) electrons. The minimum atomic E-state index is -0.788. The molecular formula is C23H29N5O6. The Balaban J connectivity index is 2.16.